The Morgan fingerprint density at radius 1 is 1.05 bits per heavy atom. The second-order valence-electron chi connectivity index (χ2n) is 4.70. The number of hydrogen-bond donors (Lipinski definition) is 0. The molecule has 0 bridgehead atoms. The van der Waals surface area contributed by atoms with Crippen molar-refractivity contribution in [2.75, 3.05) is 12.3 Å². The second kappa shape index (κ2) is 6.01. The number of nitrogens with zero attached hydrogens (tertiary/aromatic N) is 1. The van der Waals surface area contributed by atoms with E-state index in [4.69, 9.17) is 11.6 Å². The van der Waals surface area contributed by atoms with Gasteiger partial charge < -0.3 is 0 Å². The molecule has 1 aliphatic rings. The van der Waals surface area contributed by atoms with E-state index in [0.29, 0.717) is 16.5 Å². The lowest BCUT2D eigenvalue weighted by atomic mass is 10.2. The van der Waals surface area contributed by atoms with Crippen LogP contribution in [0.25, 0.3) is 0 Å². The van der Waals surface area contributed by atoms with Crippen molar-refractivity contribution in [1.29, 1.82) is 0 Å². The van der Waals surface area contributed by atoms with E-state index in [1.807, 2.05) is 18.2 Å². The molecule has 2 aromatic rings. The van der Waals surface area contributed by atoms with Gasteiger partial charge in [-0.25, -0.2) is 8.42 Å². The summed E-state index contributed by atoms with van der Waals surface area (Å²) in [6.07, 6.45) is 0. The maximum Gasteiger partial charge on any atom is 0.244 e. The van der Waals surface area contributed by atoms with Crippen LogP contribution in [0.15, 0.2) is 59.5 Å². The predicted octanol–water partition coefficient (Wildman–Crippen LogP) is 3.78. The molecule has 1 fully saturated rings. The van der Waals surface area contributed by atoms with Crippen LogP contribution in [-0.4, -0.2) is 25.0 Å². The zero-order chi connectivity index (χ0) is 14.9. The van der Waals surface area contributed by atoms with Gasteiger partial charge in [-0.1, -0.05) is 41.9 Å². The molecule has 3 rings (SSSR count). The summed E-state index contributed by atoms with van der Waals surface area (Å²) in [6.45, 7) is 0.523. The molecule has 1 aliphatic heterocycles. The molecule has 1 atom stereocenters. The van der Waals surface area contributed by atoms with Gasteiger partial charge in [-0.3, -0.25) is 0 Å². The third-order valence-corrected chi connectivity index (χ3v) is 6.88. The molecular weight excluding hydrogens is 326 g/mol. The molecule has 2 aromatic carbocycles. The predicted molar refractivity (Wildman–Crippen MR) is 87.0 cm³/mol. The fourth-order valence-corrected chi connectivity index (χ4v) is 5.71. The highest BCUT2D eigenvalue weighted by atomic mass is 35.5. The minimum absolute atomic E-state index is 0.188. The molecule has 110 valence electrons. The molecule has 0 radical (unpaired) electrons. The molecule has 0 saturated carbocycles. The Kier molecular flexibility index (Phi) is 4.26. The van der Waals surface area contributed by atoms with Gasteiger partial charge in [-0.05, 0) is 29.8 Å². The van der Waals surface area contributed by atoms with Gasteiger partial charge in [0, 0.05) is 17.3 Å². The van der Waals surface area contributed by atoms with Gasteiger partial charge in [-0.2, -0.15) is 4.31 Å². The second-order valence-corrected chi connectivity index (χ2v) is 8.22. The van der Waals surface area contributed by atoms with E-state index in [9.17, 15) is 8.42 Å². The Labute approximate surface area is 134 Å². The first-order chi connectivity index (χ1) is 10.1. The van der Waals surface area contributed by atoms with Crippen LogP contribution in [0.5, 0.6) is 0 Å². The van der Waals surface area contributed by atoms with Crippen LogP contribution in [0.2, 0.25) is 5.02 Å². The maximum absolute atomic E-state index is 12.8. The van der Waals surface area contributed by atoms with E-state index >= 15 is 0 Å². The van der Waals surface area contributed by atoms with Crippen LogP contribution in [0.4, 0.5) is 0 Å². The van der Waals surface area contributed by atoms with Crippen molar-refractivity contribution in [1.82, 2.24) is 4.31 Å². The first-order valence-electron chi connectivity index (χ1n) is 6.53. The Balaban J connectivity index is 1.96. The maximum atomic E-state index is 12.8. The quantitative estimate of drug-likeness (QED) is 0.854. The van der Waals surface area contributed by atoms with Crippen molar-refractivity contribution in [3.63, 3.8) is 0 Å². The monoisotopic (exact) mass is 339 g/mol. The van der Waals surface area contributed by atoms with Crippen molar-refractivity contribution in [3.8, 4) is 0 Å². The minimum atomic E-state index is -3.47. The molecule has 0 N–H and O–H groups in total. The first kappa shape index (κ1) is 14.9. The Bertz CT molecular complexity index is 717. The average Bonchev–Trinajstić information content (AvgIpc) is 2.99. The van der Waals surface area contributed by atoms with Crippen molar-refractivity contribution in [2.45, 2.75) is 10.3 Å². The Morgan fingerprint density at radius 2 is 1.71 bits per heavy atom. The van der Waals surface area contributed by atoms with E-state index in [1.165, 1.54) is 0 Å². The van der Waals surface area contributed by atoms with Gasteiger partial charge in [0.25, 0.3) is 0 Å². The molecule has 0 amide bonds. The smallest absolute Gasteiger partial charge is 0.207 e. The molecule has 21 heavy (non-hydrogen) atoms. The molecular formula is C15H14ClNO2S2. The summed E-state index contributed by atoms with van der Waals surface area (Å²) in [5, 5.41) is 0.465. The summed E-state index contributed by atoms with van der Waals surface area (Å²) in [7, 11) is -3.47. The molecule has 0 aliphatic carbocycles. The van der Waals surface area contributed by atoms with Gasteiger partial charge in [0.1, 0.15) is 0 Å². The fraction of sp³-hybridized carbons (Fsp3) is 0.200. The molecule has 1 heterocycles. The largest absolute Gasteiger partial charge is 0.244 e. The van der Waals surface area contributed by atoms with Gasteiger partial charge in [0.05, 0.1) is 10.3 Å². The third kappa shape index (κ3) is 2.97. The van der Waals surface area contributed by atoms with E-state index < -0.39 is 10.0 Å². The highest BCUT2D eigenvalue weighted by Crippen LogP contribution is 2.41. The fourth-order valence-electron chi connectivity index (χ4n) is 2.32. The summed E-state index contributed by atoms with van der Waals surface area (Å²) in [5.74, 6) is 0.791. The molecule has 1 saturated heterocycles. The van der Waals surface area contributed by atoms with Crippen LogP contribution in [0.1, 0.15) is 10.9 Å². The number of sulfonamides is 1. The summed E-state index contributed by atoms with van der Waals surface area (Å²) in [5.41, 5.74) is 0.960. The summed E-state index contributed by atoms with van der Waals surface area (Å²) in [6, 6.07) is 15.9. The molecule has 1 unspecified atom stereocenters. The van der Waals surface area contributed by atoms with Gasteiger partial charge in [-0.15, -0.1) is 11.8 Å². The highest BCUT2D eigenvalue weighted by Gasteiger charge is 2.36. The van der Waals surface area contributed by atoms with Gasteiger partial charge in [0.2, 0.25) is 10.0 Å². The molecule has 3 nitrogen and oxygen atoms in total. The topological polar surface area (TPSA) is 37.4 Å². The SMILES string of the molecule is O=S(=O)(c1ccccc1)N1CCSC1c1ccc(Cl)cc1. The van der Waals surface area contributed by atoms with Gasteiger partial charge in [0.15, 0.2) is 0 Å². The number of hydrogen-bond acceptors (Lipinski definition) is 3. The normalized spacial score (nSPS) is 19.8. The average molecular weight is 340 g/mol. The van der Waals surface area contributed by atoms with E-state index in [2.05, 4.69) is 0 Å². The zero-order valence-corrected chi connectivity index (χ0v) is 13.5. The molecule has 6 heteroatoms. The minimum Gasteiger partial charge on any atom is -0.207 e. The molecule has 0 aromatic heterocycles. The van der Waals surface area contributed by atoms with E-state index in [0.717, 1.165) is 11.3 Å². The van der Waals surface area contributed by atoms with Crippen LogP contribution in [-0.2, 0) is 10.0 Å². The third-order valence-electron chi connectivity index (χ3n) is 3.35. The summed E-state index contributed by atoms with van der Waals surface area (Å²) < 4.78 is 27.1. The van der Waals surface area contributed by atoms with E-state index in [-0.39, 0.29) is 5.37 Å². The lowest BCUT2D eigenvalue weighted by Gasteiger charge is -2.23. The Hall–Kier alpha value is -1.01. The zero-order valence-electron chi connectivity index (χ0n) is 11.1. The standard InChI is InChI=1S/C15H14ClNO2S2/c16-13-8-6-12(7-9-13)15-17(10-11-20-15)21(18,19)14-4-2-1-3-5-14/h1-9,15H,10-11H2. The number of halogens is 1. The Morgan fingerprint density at radius 3 is 2.38 bits per heavy atom. The lowest BCUT2D eigenvalue weighted by Crippen LogP contribution is -2.30. The number of rotatable bonds is 3. The van der Waals surface area contributed by atoms with E-state index in [1.54, 1.807) is 52.5 Å². The van der Waals surface area contributed by atoms with Crippen molar-refractivity contribution >= 4 is 33.4 Å². The summed E-state index contributed by atoms with van der Waals surface area (Å²) >= 11 is 7.54. The first-order valence-corrected chi connectivity index (χ1v) is 9.40. The van der Waals surface area contributed by atoms with Crippen LogP contribution >= 0.6 is 23.4 Å². The highest BCUT2D eigenvalue weighted by molar-refractivity contribution is 8.01. The van der Waals surface area contributed by atoms with Crippen LogP contribution in [0, 0.1) is 0 Å². The van der Waals surface area contributed by atoms with Crippen molar-refractivity contribution in [3.05, 3.63) is 65.2 Å². The van der Waals surface area contributed by atoms with Crippen LogP contribution in [0.3, 0.4) is 0 Å². The van der Waals surface area contributed by atoms with Gasteiger partial charge >= 0.3 is 0 Å². The lowest BCUT2D eigenvalue weighted by molar-refractivity contribution is 0.434. The molecule has 0 spiro atoms. The van der Waals surface area contributed by atoms with Crippen molar-refractivity contribution in [2.24, 2.45) is 0 Å². The van der Waals surface area contributed by atoms with Crippen molar-refractivity contribution < 1.29 is 8.42 Å². The number of thioether (sulfide) groups is 1. The number of benzene rings is 2. The summed E-state index contributed by atoms with van der Waals surface area (Å²) in [4.78, 5) is 0.339. The van der Waals surface area contributed by atoms with Crippen LogP contribution < -0.4 is 0 Å².